The van der Waals surface area contributed by atoms with Gasteiger partial charge in [0.05, 0.1) is 18.6 Å². The molecule has 3 nitrogen and oxygen atoms in total. The Bertz CT molecular complexity index is 632. The zero-order chi connectivity index (χ0) is 15.9. The number of hydrogen-bond donors (Lipinski definition) is 0. The Labute approximate surface area is 132 Å². The first kappa shape index (κ1) is 14.9. The molecule has 0 unspecified atom stereocenters. The average molecular weight is 297 g/mol. The van der Waals surface area contributed by atoms with Crippen LogP contribution in [-0.2, 0) is 15.1 Å². The Kier molecular flexibility index (Phi) is 3.59. The molecule has 0 N–H and O–H groups in total. The van der Waals surface area contributed by atoms with Gasteiger partial charge in [-0.1, -0.05) is 36.4 Å². The Balaban J connectivity index is 2.17. The van der Waals surface area contributed by atoms with Gasteiger partial charge >= 0.3 is 0 Å². The summed E-state index contributed by atoms with van der Waals surface area (Å²) in [5, 5.41) is 0. The molecular formula is C19H23NO2. The molecule has 1 amide bonds. The maximum atomic E-state index is 13.0. The minimum atomic E-state index is -0.355. The Hall–Kier alpha value is -2.03. The van der Waals surface area contributed by atoms with Crippen LogP contribution in [0, 0.1) is 11.8 Å². The number of ether oxygens (including phenoxy) is 1. The molecule has 3 rings (SSSR count). The Morgan fingerprint density at radius 1 is 1.23 bits per heavy atom. The second-order valence-electron chi connectivity index (χ2n) is 6.50. The van der Waals surface area contributed by atoms with Crippen LogP contribution in [-0.4, -0.2) is 24.0 Å². The van der Waals surface area contributed by atoms with E-state index in [0.29, 0.717) is 0 Å². The fraction of sp³-hybridized carbons (Fsp3) is 0.421. The van der Waals surface area contributed by atoms with Crippen LogP contribution in [0.15, 0.2) is 54.3 Å². The lowest BCUT2D eigenvalue weighted by atomic mass is 9.74. The number of likely N-dealkylation sites (tertiary alicyclic amines) is 1. The van der Waals surface area contributed by atoms with E-state index in [1.54, 1.807) is 7.11 Å². The number of carbonyl (C=O) groups excluding carboxylic acids is 1. The van der Waals surface area contributed by atoms with Gasteiger partial charge in [0.25, 0.3) is 0 Å². The molecule has 1 aromatic rings. The average Bonchev–Trinajstić information content (AvgIpc) is 2.77. The van der Waals surface area contributed by atoms with Crippen LogP contribution in [0.25, 0.3) is 0 Å². The molecule has 1 aromatic carbocycles. The van der Waals surface area contributed by atoms with Gasteiger partial charge in [-0.25, -0.2) is 0 Å². The molecule has 3 atom stereocenters. The molecular weight excluding hydrogens is 274 g/mol. The predicted octanol–water partition coefficient (Wildman–Crippen LogP) is 3.48. The van der Waals surface area contributed by atoms with Crippen LogP contribution in [0.3, 0.4) is 0 Å². The fourth-order valence-electron chi connectivity index (χ4n) is 3.99. The molecule has 1 heterocycles. The van der Waals surface area contributed by atoms with Crippen molar-refractivity contribution >= 4 is 5.91 Å². The molecule has 1 aliphatic heterocycles. The molecule has 3 heteroatoms. The van der Waals surface area contributed by atoms with E-state index in [4.69, 9.17) is 4.74 Å². The van der Waals surface area contributed by atoms with E-state index < -0.39 is 0 Å². The minimum Gasteiger partial charge on any atom is -0.497 e. The van der Waals surface area contributed by atoms with Gasteiger partial charge in [0.2, 0.25) is 5.91 Å². The number of methoxy groups -OCH3 is 1. The van der Waals surface area contributed by atoms with Crippen LogP contribution < -0.4 is 0 Å². The third-order valence-corrected chi connectivity index (χ3v) is 4.98. The number of hydrogen-bond acceptors (Lipinski definition) is 2. The van der Waals surface area contributed by atoms with Crippen molar-refractivity contribution < 1.29 is 9.53 Å². The van der Waals surface area contributed by atoms with Gasteiger partial charge < -0.3 is 9.64 Å². The van der Waals surface area contributed by atoms with Crippen LogP contribution in [0.1, 0.15) is 26.3 Å². The summed E-state index contributed by atoms with van der Waals surface area (Å²) in [6.07, 6.45) is 6.02. The lowest BCUT2D eigenvalue weighted by Crippen LogP contribution is -2.47. The van der Waals surface area contributed by atoms with Crippen LogP contribution in [0.4, 0.5) is 0 Å². The molecule has 0 bridgehead atoms. The van der Waals surface area contributed by atoms with E-state index in [0.717, 1.165) is 5.76 Å². The Morgan fingerprint density at radius 3 is 2.50 bits per heavy atom. The lowest BCUT2D eigenvalue weighted by molar-refractivity contribution is -0.134. The minimum absolute atomic E-state index is 0.0877. The molecule has 1 fully saturated rings. The topological polar surface area (TPSA) is 29.5 Å². The zero-order valence-corrected chi connectivity index (χ0v) is 13.6. The van der Waals surface area contributed by atoms with Crippen molar-refractivity contribution in [3.63, 3.8) is 0 Å². The summed E-state index contributed by atoms with van der Waals surface area (Å²) < 4.78 is 5.40. The van der Waals surface area contributed by atoms with Gasteiger partial charge in [-0.3, -0.25) is 4.79 Å². The van der Waals surface area contributed by atoms with Crippen LogP contribution >= 0.6 is 0 Å². The SMILES string of the molecule is COC1=C[C@H]2[C@@H](C=C1)C(=O)N(C(C)C)[C@@]2(C)c1ccccc1. The van der Waals surface area contributed by atoms with E-state index in [2.05, 4.69) is 39.0 Å². The van der Waals surface area contributed by atoms with Gasteiger partial charge in [-0.05, 0) is 38.5 Å². The highest BCUT2D eigenvalue weighted by molar-refractivity contribution is 5.86. The molecule has 2 aliphatic rings. The fourth-order valence-corrected chi connectivity index (χ4v) is 3.99. The molecule has 0 aromatic heterocycles. The normalized spacial score (nSPS) is 30.5. The predicted molar refractivity (Wildman–Crippen MR) is 87.0 cm³/mol. The number of allylic oxidation sites excluding steroid dienone is 1. The maximum absolute atomic E-state index is 13.0. The van der Waals surface area contributed by atoms with Crippen molar-refractivity contribution in [1.82, 2.24) is 4.90 Å². The van der Waals surface area contributed by atoms with E-state index in [1.807, 2.05) is 35.3 Å². The van der Waals surface area contributed by atoms with Crippen molar-refractivity contribution in [3.8, 4) is 0 Å². The number of rotatable bonds is 3. The van der Waals surface area contributed by atoms with Crippen LogP contribution in [0.5, 0.6) is 0 Å². The highest BCUT2D eigenvalue weighted by atomic mass is 16.5. The number of fused-ring (bicyclic) bond motifs is 1. The first-order valence-corrected chi connectivity index (χ1v) is 7.83. The monoisotopic (exact) mass is 297 g/mol. The van der Waals surface area contributed by atoms with E-state index in [1.165, 1.54) is 5.56 Å². The summed E-state index contributed by atoms with van der Waals surface area (Å²) >= 11 is 0. The number of carbonyl (C=O) groups is 1. The second-order valence-corrected chi connectivity index (χ2v) is 6.50. The third kappa shape index (κ3) is 1.99. The molecule has 0 spiro atoms. The lowest BCUT2D eigenvalue weighted by Gasteiger charge is -2.42. The van der Waals surface area contributed by atoms with Crippen molar-refractivity contribution in [3.05, 3.63) is 59.9 Å². The second kappa shape index (κ2) is 5.31. The summed E-state index contributed by atoms with van der Waals surface area (Å²) in [4.78, 5) is 15.0. The summed E-state index contributed by atoms with van der Waals surface area (Å²) in [5.41, 5.74) is 0.817. The largest absolute Gasteiger partial charge is 0.497 e. The third-order valence-electron chi connectivity index (χ3n) is 4.98. The first-order chi connectivity index (χ1) is 10.5. The van der Waals surface area contributed by atoms with E-state index in [-0.39, 0.29) is 29.3 Å². The van der Waals surface area contributed by atoms with Crippen LogP contribution in [0.2, 0.25) is 0 Å². The number of amides is 1. The molecule has 1 aliphatic carbocycles. The summed E-state index contributed by atoms with van der Waals surface area (Å²) in [6, 6.07) is 10.5. The van der Waals surface area contributed by atoms with E-state index in [9.17, 15) is 4.79 Å². The Morgan fingerprint density at radius 2 is 1.91 bits per heavy atom. The highest BCUT2D eigenvalue weighted by Crippen LogP contribution is 2.50. The smallest absolute Gasteiger partial charge is 0.231 e. The highest BCUT2D eigenvalue weighted by Gasteiger charge is 2.56. The van der Waals surface area contributed by atoms with Crippen molar-refractivity contribution in [1.29, 1.82) is 0 Å². The maximum Gasteiger partial charge on any atom is 0.231 e. The van der Waals surface area contributed by atoms with Crippen molar-refractivity contribution in [2.24, 2.45) is 11.8 Å². The van der Waals surface area contributed by atoms with Gasteiger partial charge in [0, 0.05) is 12.0 Å². The number of benzene rings is 1. The van der Waals surface area contributed by atoms with Gasteiger partial charge in [-0.2, -0.15) is 0 Å². The summed E-state index contributed by atoms with van der Waals surface area (Å²) in [5.74, 6) is 1.02. The molecule has 116 valence electrons. The molecule has 0 saturated carbocycles. The first-order valence-electron chi connectivity index (χ1n) is 7.83. The molecule has 22 heavy (non-hydrogen) atoms. The van der Waals surface area contributed by atoms with Crippen molar-refractivity contribution in [2.45, 2.75) is 32.4 Å². The summed E-state index contributed by atoms with van der Waals surface area (Å²) in [6.45, 7) is 6.34. The van der Waals surface area contributed by atoms with Gasteiger partial charge in [0.15, 0.2) is 0 Å². The number of nitrogens with zero attached hydrogens (tertiary/aromatic N) is 1. The van der Waals surface area contributed by atoms with E-state index >= 15 is 0 Å². The van der Waals surface area contributed by atoms with Gasteiger partial charge in [0.1, 0.15) is 5.76 Å². The van der Waals surface area contributed by atoms with Gasteiger partial charge in [-0.15, -0.1) is 0 Å². The standard InChI is InChI=1S/C19H23NO2/c1-13(2)20-18(21)16-11-10-15(22-4)12-17(16)19(20,3)14-8-6-5-7-9-14/h5-13,16-17H,1-4H3/t16-,17+,19+/m1/s1. The molecule has 1 saturated heterocycles. The molecule has 0 radical (unpaired) electrons. The zero-order valence-electron chi connectivity index (χ0n) is 13.6. The quantitative estimate of drug-likeness (QED) is 0.855. The summed E-state index contributed by atoms with van der Waals surface area (Å²) in [7, 11) is 1.67. The van der Waals surface area contributed by atoms with Crippen molar-refractivity contribution in [2.75, 3.05) is 7.11 Å².